The molecule has 5 nitrogen and oxygen atoms in total. The van der Waals surface area contributed by atoms with Crippen LogP contribution in [0.1, 0.15) is 20.8 Å². The Morgan fingerprint density at radius 1 is 1.14 bits per heavy atom. The van der Waals surface area contributed by atoms with Crippen molar-refractivity contribution in [2.75, 3.05) is 0 Å². The number of ketones is 1. The average Bonchev–Trinajstić information content (AvgIpc) is 2.03. The summed E-state index contributed by atoms with van der Waals surface area (Å²) in [5.41, 5.74) is 10.8. The predicted octanol–water partition coefficient (Wildman–Crippen LogP) is -0.413. The molecule has 0 saturated heterocycles. The smallest absolute Gasteiger partial charge is 0.321 e. The van der Waals surface area contributed by atoms with Gasteiger partial charge in [-0.1, -0.05) is 13.8 Å². The second-order valence-corrected chi connectivity index (χ2v) is 3.82. The van der Waals surface area contributed by atoms with Crippen LogP contribution in [0.2, 0.25) is 0 Å². The van der Waals surface area contributed by atoms with Crippen LogP contribution in [0.25, 0.3) is 0 Å². The van der Waals surface area contributed by atoms with E-state index < -0.39 is 24.0 Å². The molecular weight excluding hydrogens is 184 g/mol. The van der Waals surface area contributed by atoms with Gasteiger partial charge < -0.3 is 16.6 Å². The number of nitrogens with two attached hydrogens (primary N) is 2. The second-order valence-electron chi connectivity index (χ2n) is 3.82. The SMILES string of the molecule is CC(N)C(=O)C(C(C)C)C(N)C(=O)O. The van der Waals surface area contributed by atoms with Crippen LogP contribution in [0, 0.1) is 11.8 Å². The lowest BCUT2D eigenvalue weighted by Crippen LogP contribution is -2.48. The Morgan fingerprint density at radius 3 is 1.79 bits per heavy atom. The number of carboxylic acids is 1. The molecule has 3 atom stereocenters. The maximum absolute atomic E-state index is 11.6. The molecule has 0 aromatic rings. The molecule has 0 amide bonds. The molecule has 0 aromatic carbocycles. The monoisotopic (exact) mass is 202 g/mol. The van der Waals surface area contributed by atoms with Crippen molar-refractivity contribution in [1.29, 1.82) is 0 Å². The zero-order valence-corrected chi connectivity index (χ0v) is 8.73. The van der Waals surface area contributed by atoms with Gasteiger partial charge in [0.05, 0.1) is 6.04 Å². The summed E-state index contributed by atoms with van der Waals surface area (Å²) < 4.78 is 0. The van der Waals surface area contributed by atoms with Crippen molar-refractivity contribution in [3.05, 3.63) is 0 Å². The number of aliphatic carboxylic acids is 1. The highest BCUT2D eigenvalue weighted by Crippen LogP contribution is 2.17. The third-order valence-electron chi connectivity index (χ3n) is 2.17. The molecule has 0 rings (SSSR count). The molecule has 3 unspecified atom stereocenters. The van der Waals surface area contributed by atoms with Gasteiger partial charge in [0.1, 0.15) is 6.04 Å². The summed E-state index contributed by atoms with van der Waals surface area (Å²) in [5, 5.41) is 8.71. The van der Waals surface area contributed by atoms with Crippen molar-refractivity contribution in [2.45, 2.75) is 32.9 Å². The molecule has 0 aliphatic heterocycles. The van der Waals surface area contributed by atoms with Gasteiger partial charge in [-0.25, -0.2) is 0 Å². The second kappa shape index (κ2) is 5.07. The summed E-state index contributed by atoms with van der Waals surface area (Å²) in [6, 6.07) is -1.85. The van der Waals surface area contributed by atoms with E-state index in [2.05, 4.69) is 0 Å². The Kier molecular flexibility index (Phi) is 4.73. The van der Waals surface area contributed by atoms with E-state index in [4.69, 9.17) is 16.6 Å². The minimum absolute atomic E-state index is 0.125. The van der Waals surface area contributed by atoms with Gasteiger partial charge in [-0.2, -0.15) is 0 Å². The number of hydrogen-bond acceptors (Lipinski definition) is 4. The van der Waals surface area contributed by atoms with Crippen LogP contribution in [0.15, 0.2) is 0 Å². The standard InChI is InChI=1S/C9H18N2O3/c1-4(2)6(7(11)9(13)14)8(12)5(3)10/h4-7H,10-11H2,1-3H3,(H,13,14). The van der Waals surface area contributed by atoms with E-state index in [-0.39, 0.29) is 11.7 Å². The Morgan fingerprint density at radius 2 is 1.57 bits per heavy atom. The first-order valence-electron chi connectivity index (χ1n) is 4.56. The minimum Gasteiger partial charge on any atom is -0.480 e. The minimum atomic E-state index is -1.17. The van der Waals surface area contributed by atoms with Gasteiger partial charge in [0.15, 0.2) is 5.78 Å². The van der Waals surface area contributed by atoms with E-state index in [0.29, 0.717) is 0 Å². The lowest BCUT2D eigenvalue weighted by atomic mass is 9.83. The first kappa shape index (κ1) is 13.1. The molecular formula is C9H18N2O3. The molecule has 0 spiro atoms. The van der Waals surface area contributed by atoms with Gasteiger partial charge in [-0.05, 0) is 12.8 Å². The van der Waals surface area contributed by atoms with Gasteiger partial charge in [0.2, 0.25) is 0 Å². The highest BCUT2D eigenvalue weighted by atomic mass is 16.4. The Labute approximate surface area is 83.5 Å². The van der Waals surface area contributed by atoms with Crippen LogP contribution in [0.5, 0.6) is 0 Å². The van der Waals surface area contributed by atoms with Crippen LogP contribution < -0.4 is 11.5 Å². The number of carbonyl (C=O) groups excluding carboxylic acids is 1. The van der Waals surface area contributed by atoms with Crippen molar-refractivity contribution in [3.8, 4) is 0 Å². The summed E-state index contributed by atoms with van der Waals surface area (Å²) in [4.78, 5) is 22.2. The maximum atomic E-state index is 11.6. The fourth-order valence-electron chi connectivity index (χ4n) is 1.38. The normalized spacial score (nSPS) is 17.6. The fraction of sp³-hybridized carbons (Fsp3) is 0.778. The van der Waals surface area contributed by atoms with E-state index in [1.807, 2.05) is 0 Å². The summed E-state index contributed by atoms with van der Waals surface area (Å²) in [5.74, 6) is -2.31. The molecule has 0 radical (unpaired) electrons. The average molecular weight is 202 g/mol. The lowest BCUT2D eigenvalue weighted by molar-refractivity contribution is -0.143. The van der Waals surface area contributed by atoms with E-state index in [9.17, 15) is 9.59 Å². The summed E-state index contributed by atoms with van der Waals surface area (Å²) in [6.07, 6.45) is 0. The Bertz CT molecular complexity index is 226. The van der Waals surface area contributed by atoms with Crippen LogP contribution in [0.4, 0.5) is 0 Å². The van der Waals surface area contributed by atoms with Gasteiger partial charge in [0, 0.05) is 5.92 Å². The van der Waals surface area contributed by atoms with Gasteiger partial charge in [-0.15, -0.1) is 0 Å². The third kappa shape index (κ3) is 3.08. The van der Waals surface area contributed by atoms with Crippen molar-refractivity contribution in [3.63, 3.8) is 0 Å². The molecule has 0 aliphatic rings. The number of carboxylic acid groups (broad SMARTS) is 1. The van der Waals surface area contributed by atoms with E-state index in [0.717, 1.165) is 0 Å². The van der Waals surface area contributed by atoms with Gasteiger partial charge in [-0.3, -0.25) is 9.59 Å². The zero-order chi connectivity index (χ0) is 11.5. The Hall–Kier alpha value is -0.940. The summed E-state index contributed by atoms with van der Waals surface area (Å²) in [6.45, 7) is 5.05. The molecule has 5 N–H and O–H groups in total. The summed E-state index contributed by atoms with van der Waals surface area (Å²) >= 11 is 0. The van der Waals surface area contributed by atoms with E-state index in [1.165, 1.54) is 6.92 Å². The van der Waals surface area contributed by atoms with E-state index >= 15 is 0 Å². The zero-order valence-electron chi connectivity index (χ0n) is 8.73. The molecule has 14 heavy (non-hydrogen) atoms. The highest BCUT2D eigenvalue weighted by molar-refractivity contribution is 5.91. The number of Topliss-reactive ketones (excluding diaryl/α,β-unsaturated/α-hetero) is 1. The third-order valence-corrected chi connectivity index (χ3v) is 2.17. The quantitative estimate of drug-likeness (QED) is 0.561. The fourth-order valence-corrected chi connectivity index (χ4v) is 1.38. The molecule has 0 aliphatic carbocycles. The molecule has 0 aromatic heterocycles. The predicted molar refractivity (Wildman–Crippen MR) is 52.6 cm³/mol. The van der Waals surface area contributed by atoms with Crippen molar-refractivity contribution in [1.82, 2.24) is 0 Å². The molecule has 0 bridgehead atoms. The van der Waals surface area contributed by atoms with Gasteiger partial charge >= 0.3 is 5.97 Å². The van der Waals surface area contributed by atoms with Gasteiger partial charge in [0.25, 0.3) is 0 Å². The van der Waals surface area contributed by atoms with Crippen LogP contribution in [-0.4, -0.2) is 28.9 Å². The first-order chi connectivity index (χ1) is 6.29. The van der Waals surface area contributed by atoms with Crippen molar-refractivity contribution in [2.24, 2.45) is 23.3 Å². The Balaban J connectivity index is 4.77. The highest BCUT2D eigenvalue weighted by Gasteiger charge is 2.34. The van der Waals surface area contributed by atoms with Crippen LogP contribution in [0.3, 0.4) is 0 Å². The number of carbonyl (C=O) groups is 2. The van der Waals surface area contributed by atoms with Crippen molar-refractivity contribution >= 4 is 11.8 Å². The summed E-state index contributed by atoms with van der Waals surface area (Å²) in [7, 11) is 0. The molecule has 0 fully saturated rings. The van der Waals surface area contributed by atoms with Crippen LogP contribution in [-0.2, 0) is 9.59 Å². The largest absolute Gasteiger partial charge is 0.480 e. The first-order valence-corrected chi connectivity index (χ1v) is 4.56. The number of hydrogen-bond donors (Lipinski definition) is 3. The number of rotatable bonds is 5. The molecule has 0 heterocycles. The molecule has 82 valence electrons. The maximum Gasteiger partial charge on any atom is 0.321 e. The van der Waals surface area contributed by atoms with Crippen LogP contribution >= 0.6 is 0 Å². The molecule has 0 saturated carbocycles. The topological polar surface area (TPSA) is 106 Å². The van der Waals surface area contributed by atoms with Crippen molar-refractivity contribution < 1.29 is 14.7 Å². The lowest BCUT2D eigenvalue weighted by Gasteiger charge is -2.24. The van der Waals surface area contributed by atoms with E-state index in [1.54, 1.807) is 13.8 Å². The molecule has 5 heteroatoms.